The lowest BCUT2D eigenvalue weighted by Crippen LogP contribution is -2.16. The number of nitrogens with one attached hydrogen (secondary N) is 1. The summed E-state index contributed by atoms with van der Waals surface area (Å²) in [7, 11) is 0. The molecule has 1 saturated heterocycles. The molecule has 1 aliphatic heterocycles. The Balaban J connectivity index is 2.02. The molecule has 1 aromatic rings. The van der Waals surface area contributed by atoms with Gasteiger partial charge in [-0.15, -0.1) is 0 Å². The van der Waals surface area contributed by atoms with Gasteiger partial charge in [-0.25, -0.2) is 4.39 Å². The molecular formula is C13H18FNO2. The van der Waals surface area contributed by atoms with Crippen molar-refractivity contribution >= 4 is 0 Å². The normalized spacial score (nSPS) is 19.5. The minimum atomic E-state index is -0.255. The number of benzene rings is 1. The second-order valence-corrected chi connectivity index (χ2v) is 4.18. The summed E-state index contributed by atoms with van der Waals surface area (Å²) in [6.07, 6.45) is 0.933. The highest BCUT2D eigenvalue weighted by Crippen LogP contribution is 2.20. The standard InChI is InChI=1S/C13H18FNO2/c1-2-15-8-10-5-11(14)7-13(6-10)17-12-3-4-16-9-12/h5-7,12,15H,2-4,8-9H2,1H3. The summed E-state index contributed by atoms with van der Waals surface area (Å²) in [4.78, 5) is 0. The third-order valence-corrected chi connectivity index (χ3v) is 2.70. The Morgan fingerprint density at radius 3 is 3.06 bits per heavy atom. The summed E-state index contributed by atoms with van der Waals surface area (Å²) in [6.45, 7) is 4.87. The SMILES string of the molecule is CCNCc1cc(F)cc(OC2CCOC2)c1. The van der Waals surface area contributed by atoms with Gasteiger partial charge in [0.25, 0.3) is 0 Å². The van der Waals surface area contributed by atoms with Crippen molar-refractivity contribution in [3.05, 3.63) is 29.6 Å². The van der Waals surface area contributed by atoms with Crippen LogP contribution in [-0.4, -0.2) is 25.9 Å². The molecule has 1 unspecified atom stereocenters. The van der Waals surface area contributed by atoms with Crippen LogP contribution in [0.4, 0.5) is 4.39 Å². The Kier molecular flexibility index (Phi) is 4.34. The van der Waals surface area contributed by atoms with Gasteiger partial charge in [0.15, 0.2) is 0 Å². The van der Waals surface area contributed by atoms with Gasteiger partial charge in [-0.3, -0.25) is 0 Å². The molecule has 1 aromatic carbocycles. The van der Waals surface area contributed by atoms with Crippen molar-refractivity contribution in [2.24, 2.45) is 0 Å². The number of ether oxygens (including phenoxy) is 2. The van der Waals surface area contributed by atoms with Crippen molar-refractivity contribution < 1.29 is 13.9 Å². The molecule has 0 aliphatic carbocycles. The molecule has 17 heavy (non-hydrogen) atoms. The smallest absolute Gasteiger partial charge is 0.127 e. The van der Waals surface area contributed by atoms with Gasteiger partial charge in [0.2, 0.25) is 0 Å². The predicted octanol–water partition coefficient (Wildman–Crippen LogP) is 2.10. The molecule has 94 valence electrons. The summed E-state index contributed by atoms with van der Waals surface area (Å²) in [5, 5.41) is 3.17. The van der Waals surface area contributed by atoms with Gasteiger partial charge in [0.1, 0.15) is 17.7 Å². The van der Waals surface area contributed by atoms with Crippen molar-refractivity contribution in [2.75, 3.05) is 19.8 Å². The highest BCUT2D eigenvalue weighted by molar-refractivity contribution is 5.29. The lowest BCUT2D eigenvalue weighted by Gasteiger charge is -2.13. The fourth-order valence-electron chi connectivity index (χ4n) is 1.86. The van der Waals surface area contributed by atoms with Crippen LogP contribution in [0.25, 0.3) is 0 Å². The Labute approximate surface area is 101 Å². The van der Waals surface area contributed by atoms with Crippen LogP contribution in [0.3, 0.4) is 0 Å². The van der Waals surface area contributed by atoms with Crippen molar-refractivity contribution in [1.82, 2.24) is 5.32 Å². The molecule has 1 aliphatic rings. The van der Waals surface area contributed by atoms with Crippen molar-refractivity contribution in [1.29, 1.82) is 0 Å². The predicted molar refractivity (Wildman–Crippen MR) is 63.6 cm³/mol. The van der Waals surface area contributed by atoms with Crippen LogP contribution in [0.15, 0.2) is 18.2 Å². The van der Waals surface area contributed by atoms with Gasteiger partial charge in [-0.2, -0.15) is 0 Å². The highest BCUT2D eigenvalue weighted by Gasteiger charge is 2.17. The monoisotopic (exact) mass is 239 g/mol. The summed E-state index contributed by atoms with van der Waals surface area (Å²) in [6, 6.07) is 4.83. The molecule has 0 aromatic heterocycles. The summed E-state index contributed by atoms with van der Waals surface area (Å²) in [5.41, 5.74) is 0.903. The van der Waals surface area contributed by atoms with Crippen molar-refractivity contribution in [2.45, 2.75) is 26.0 Å². The van der Waals surface area contributed by atoms with Crippen LogP contribution in [0.5, 0.6) is 5.75 Å². The van der Waals surface area contributed by atoms with Gasteiger partial charge < -0.3 is 14.8 Å². The molecular weight excluding hydrogens is 221 g/mol. The fourth-order valence-corrected chi connectivity index (χ4v) is 1.86. The van der Waals surface area contributed by atoms with E-state index in [4.69, 9.17) is 9.47 Å². The van der Waals surface area contributed by atoms with E-state index in [1.165, 1.54) is 12.1 Å². The average molecular weight is 239 g/mol. The van der Waals surface area contributed by atoms with E-state index in [0.717, 1.165) is 25.1 Å². The minimum absolute atomic E-state index is 0.0591. The van der Waals surface area contributed by atoms with E-state index in [1.807, 2.05) is 13.0 Å². The second kappa shape index (κ2) is 5.98. The molecule has 4 heteroatoms. The quantitative estimate of drug-likeness (QED) is 0.853. The number of halogens is 1. The van der Waals surface area contributed by atoms with Crippen LogP contribution in [0.1, 0.15) is 18.9 Å². The molecule has 3 nitrogen and oxygen atoms in total. The zero-order chi connectivity index (χ0) is 12.1. The topological polar surface area (TPSA) is 30.5 Å². The highest BCUT2D eigenvalue weighted by atomic mass is 19.1. The average Bonchev–Trinajstić information content (AvgIpc) is 2.78. The van der Waals surface area contributed by atoms with Gasteiger partial charge in [0, 0.05) is 19.0 Å². The Morgan fingerprint density at radius 1 is 1.47 bits per heavy atom. The van der Waals surface area contributed by atoms with Crippen LogP contribution < -0.4 is 10.1 Å². The largest absolute Gasteiger partial charge is 0.488 e. The van der Waals surface area contributed by atoms with E-state index in [-0.39, 0.29) is 11.9 Å². The molecule has 0 amide bonds. The minimum Gasteiger partial charge on any atom is -0.488 e. The number of rotatable bonds is 5. The van der Waals surface area contributed by atoms with Crippen LogP contribution in [-0.2, 0) is 11.3 Å². The van der Waals surface area contributed by atoms with Crippen LogP contribution in [0.2, 0.25) is 0 Å². The number of hydrogen-bond acceptors (Lipinski definition) is 3. The first-order chi connectivity index (χ1) is 8.28. The lowest BCUT2D eigenvalue weighted by molar-refractivity contribution is 0.141. The van der Waals surface area contributed by atoms with Gasteiger partial charge in [0.05, 0.1) is 13.2 Å². The molecule has 1 heterocycles. The number of hydrogen-bond donors (Lipinski definition) is 1. The first kappa shape index (κ1) is 12.3. The fraction of sp³-hybridized carbons (Fsp3) is 0.538. The van der Waals surface area contributed by atoms with E-state index < -0.39 is 0 Å². The molecule has 1 N–H and O–H groups in total. The molecule has 1 fully saturated rings. The van der Waals surface area contributed by atoms with E-state index >= 15 is 0 Å². The third kappa shape index (κ3) is 3.68. The van der Waals surface area contributed by atoms with Crippen molar-refractivity contribution in [3.8, 4) is 5.75 Å². The van der Waals surface area contributed by atoms with Gasteiger partial charge in [-0.05, 0) is 24.2 Å². The molecule has 1 atom stereocenters. The lowest BCUT2D eigenvalue weighted by atomic mass is 10.2. The maximum absolute atomic E-state index is 13.4. The molecule has 0 spiro atoms. The maximum Gasteiger partial charge on any atom is 0.127 e. The summed E-state index contributed by atoms with van der Waals surface area (Å²) >= 11 is 0. The molecule has 2 rings (SSSR count). The van der Waals surface area contributed by atoms with Gasteiger partial charge >= 0.3 is 0 Å². The van der Waals surface area contributed by atoms with E-state index in [9.17, 15) is 4.39 Å². The zero-order valence-electron chi connectivity index (χ0n) is 10.0. The summed E-state index contributed by atoms with van der Waals surface area (Å²) in [5.74, 6) is 0.336. The Hall–Kier alpha value is -1.13. The molecule has 0 radical (unpaired) electrons. The van der Waals surface area contributed by atoms with Gasteiger partial charge in [-0.1, -0.05) is 6.92 Å². The zero-order valence-corrected chi connectivity index (χ0v) is 10.0. The second-order valence-electron chi connectivity index (χ2n) is 4.18. The van der Waals surface area contributed by atoms with E-state index in [1.54, 1.807) is 0 Å². The molecule has 0 bridgehead atoms. The Morgan fingerprint density at radius 2 is 2.35 bits per heavy atom. The van der Waals surface area contributed by atoms with E-state index in [2.05, 4.69) is 5.32 Å². The van der Waals surface area contributed by atoms with Crippen LogP contribution >= 0.6 is 0 Å². The Bertz CT molecular complexity index is 364. The first-order valence-electron chi connectivity index (χ1n) is 6.02. The third-order valence-electron chi connectivity index (χ3n) is 2.70. The summed E-state index contributed by atoms with van der Waals surface area (Å²) < 4.78 is 24.3. The van der Waals surface area contributed by atoms with E-state index in [0.29, 0.717) is 18.9 Å². The molecule has 0 saturated carbocycles. The van der Waals surface area contributed by atoms with Crippen molar-refractivity contribution in [3.63, 3.8) is 0 Å². The van der Waals surface area contributed by atoms with Crippen LogP contribution in [0, 0.1) is 5.82 Å². The maximum atomic E-state index is 13.4. The first-order valence-corrected chi connectivity index (χ1v) is 6.02.